The van der Waals surface area contributed by atoms with Crippen molar-refractivity contribution in [3.05, 3.63) is 46.2 Å². The molecule has 0 spiro atoms. The fourth-order valence-corrected chi connectivity index (χ4v) is 2.58. The molecule has 0 saturated heterocycles. The van der Waals surface area contributed by atoms with Crippen molar-refractivity contribution in [2.45, 2.75) is 11.9 Å². The number of carbonyl (C=O) groups excluding carboxylic acids is 1. The van der Waals surface area contributed by atoms with Gasteiger partial charge in [-0.1, -0.05) is 15.9 Å². The summed E-state index contributed by atoms with van der Waals surface area (Å²) in [4.78, 5) is 11.9. The molecule has 0 unspecified atom stereocenters. The summed E-state index contributed by atoms with van der Waals surface area (Å²) in [5.41, 5.74) is -2.34. The van der Waals surface area contributed by atoms with Gasteiger partial charge < -0.3 is 24.1 Å². The smallest absolute Gasteiger partial charge is 0.476 e. The first-order valence-electron chi connectivity index (χ1n) is 7.85. The largest absolute Gasteiger partial charge is 0.573 e. The number of ether oxygens (including phenoxy) is 4. The van der Waals surface area contributed by atoms with E-state index in [0.717, 1.165) is 31.4 Å². The summed E-state index contributed by atoms with van der Waals surface area (Å²) in [6.07, 6.45) is -4.96. The summed E-state index contributed by atoms with van der Waals surface area (Å²) in [6.45, 7) is 0. The molecule has 0 aliphatic rings. The van der Waals surface area contributed by atoms with E-state index in [1.54, 1.807) is 0 Å². The molecule has 0 atom stereocenters. The van der Waals surface area contributed by atoms with Crippen LogP contribution in [0, 0.1) is 5.82 Å². The van der Waals surface area contributed by atoms with Gasteiger partial charge in [-0.05, 0) is 24.3 Å². The van der Waals surface area contributed by atoms with Crippen molar-refractivity contribution >= 4 is 37.6 Å². The molecule has 2 aromatic rings. The number of carbonyl (C=O) groups is 1. The van der Waals surface area contributed by atoms with E-state index in [1.165, 1.54) is 21.8 Å². The highest BCUT2D eigenvalue weighted by Crippen LogP contribution is 2.39. The molecular formula is C16H13B2BrF4O6. The molecule has 0 radical (unpaired) electrons. The monoisotopic (exact) mass is 478 g/mol. The van der Waals surface area contributed by atoms with Crippen molar-refractivity contribution in [2.75, 3.05) is 7.11 Å². The molecule has 6 nitrogen and oxygen atoms in total. The minimum atomic E-state index is -4.96. The van der Waals surface area contributed by atoms with Gasteiger partial charge in [-0.2, -0.15) is 0 Å². The molecule has 0 bridgehead atoms. The van der Waals surface area contributed by atoms with Crippen LogP contribution >= 0.6 is 15.9 Å². The second-order valence-corrected chi connectivity index (χ2v) is 6.98. The lowest BCUT2D eigenvalue weighted by molar-refractivity contribution is -0.274. The van der Waals surface area contributed by atoms with E-state index in [0.29, 0.717) is 0 Å². The summed E-state index contributed by atoms with van der Waals surface area (Å²) in [5, 5.41) is 9.87. The summed E-state index contributed by atoms with van der Waals surface area (Å²) in [7, 11) is 3.50. The number of esters is 1. The van der Waals surface area contributed by atoms with E-state index in [2.05, 4.69) is 25.4 Å². The van der Waals surface area contributed by atoms with Gasteiger partial charge in [0.15, 0.2) is 27.2 Å². The number of alkyl halides is 3. The normalized spacial score (nSPS) is 11.7. The second kappa shape index (κ2) is 8.54. The van der Waals surface area contributed by atoms with Crippen molar-refractivity contribution in [1.82, 2.24) is 0 Å². The Morgan fingerprint density at radius 2 is 1.72 bits per heavy atom. The van der Waals surface area contributed by atoms with Crippen molar-refractivity contribution in [1.29, 1.82) is 0 Å². The fourth-order valence-electron chi connectivity index (χ4n) is 2.17. The number of benzene rings is 2. The van der Waals surface area contributed by atoms with Crippen molar-refractivity contribution < 1.29 is 46.4 Å². The molecule has 0 fully saturated rings. The van der Waals surface area contributed by atoms with Crippen molar-refractivity contribution in [2.24, 2.45) is 0 Å². The highest BCUT2D eigenvalue weighted by molar-refractivity contribution is 9.10. The third-order valence-corrected chi connectivity index (χ3v) is 3.59. The highest BCUT2D eigenvalue weighted by Gasteiger charge is 2.32. The Morgan fingerprint density at radius 3 is 2.28 bits per heavy atom. The van der Waals surface area contributed by atoms with E-state index in [1.807, 2.05) is 0 Å². The second-order valence-electron chi connectivity index (χ2n) is 6.06. The Hall–Kier alpha value is -2.40. The van der Waals surface area contributed by atoms with Crippen LogP contribution in [-0.2, 0) is 4.74 Å². The van der Waals surface area contributed by atoms with Crippen molar-refractivity contribution in [3.63, 3.8) is 0 Å². The molecule has 0 heterocycles. The van der Waals surface area contributed by atoms with E-state index >= 15 is 0 Å². The molecule has 0 aliphatic carbocycles. The Morgan fingerprint density at radius 1 is 1.07 bits per heavy atom. The Kier molecular flexibility index (Phi) is 6.74. The number of hydrogen-bond donors (Lipinski definition) is 1. The van der Waals surface area contributed by atoms with Crippen LogP contribution in [0.15, 0.2) is 34.8 Å². The van der Waals surface area contributed by atoms with Gasteiger partial charge in [0, 0.05) is 10.5 Å². The zero-order valence-corrected chi connectivity index (χ0v) is 16.9. The van der Waals surface area contributed by atoms with Crippen LogP contribution in [0.5, 0.6) is 23.0 Å². The van der Waals surface area contributed by atoms with Crippen LogP contribution in [0.3, 0.4) is 0 Å². The standard InChI is InChI=1S/C16H13B2BrF4O6/c1-26-14(24)13-9(20)4-7(19)5-12(13)27-10-3-2-8(28-16(21,22)23)6-11(10)29-15(17,18)25/h2-6,25H,17-18H2,1H3. The van der Waals surface area contributed by atoms with E-state index in [4.69, 9.17) is 9.47 Å². The topological polar surface area (TPSA) is 74.2 Å². The van der Waals surface area contributed by atoms with Gasteiger partial charge in [0.1, 0.15) is 28.5 Å². The maximum absolute atomic E-state index is 14.2. The Balaban J connectivity index is 2.53. The van der Waals surface area contributed by atoms with Gasteiger partial charge in [-0.15, -0.1) is 13.2 Å². The first-order valence-corrected chi connectivity index (χ1v) is 8.65. The molecule has 154 valence electrons. The summed E-state index contributed by atoms with van der Waals surface area (Å²) >= 11 is 3.06. The summed E-state index contributed by atoms with van der Waals surface area (Å²) in [5.74, 6) is -3.50. The van der Waals surface area contributed by atoms with E-state index in [9.17, 15) is 27.5 Å². The third kappa shape index (κ3) is 6.57. The molecule has 2 aromatic carbocycles. The predicted molar refractivity (Wildman–Crippen MR) is 101 cm³/mol. The lowest BCUT2D eigenvalue weighted by Crippen LogP contribution is -2.36. The third-order valence-electron chi connectivity index (χ3n) is 3.14. The lowest BCUT2D eigenvalue weighted by Gasteiger charge is -2.23. The van der Waals surface area contributed by atoms with Crippen LogP contribution < -0.4 is 14.2 Å². The zero-order valence-electron chi connectivity index (χ0n) is 15.3. The van der Waals surface area contributed by atoms with Gasteiger partial charge >= 0.3 is 12.3 Å². The minimum Gasteiger partial charge on any atom is -0.476 e. The van der Waals surface area contributed by atoms with Crippen LogP contribution in [0.2, 0.25) is 0 Å². The van der Waals surface area contributed by atoms with Gasteiger partial charge in [-0.25, -0.2) is 9.18 Å². The Labute approximate surface area is 172 Å². The Bertz CT molecular complexity index is 918. The SMILES string of the molecule is BC(B)(O)Oc1cc(OC(F)(F)F)ccc1Oc1cc(Br)cc(F)c1C(=O)OC. The minimum absolute atomic E-state index is 0.218. The number of halogens is 5. The fraction of sp³-hybridized carbons (Fsp3) is 0.188. The maximum Gasteiger partial charge on any atom is 0.573 e. The molecular weight excluding hydrogens is 466 g/mol. The molecule has 0 amide bonds. The number of rotatable bonds is 6. The first-order chi connectivity index (χ1) is 13.3. The number of aliphatic hydroxyl groups is 1. The maximum atomic E-state index is 14.2. The average Bonchev–Trinajstić information content (AvgIpc) is 2.53. The first kappa shape index (κ1) is 22.9. The molecule has 0 aliphatic heterocycles. The molecule has 1 N–H and O–H groups in total. The summed E-state index contributed by atoms with van der Waals surface area (Å²) in [6, 6.07) is 5.05. The van der Waals surface area contributed by atoms with Gasteiger partial charge in [-0.3, -0.25) is 0 Å². The van der Waals surface area contributed by atoms with Crippen LogP contribution in [-0.4, -0.2) is 45.8 Å². The molecule has 0 saturated carbocycles. The van der Waals surface area contributed by atoms with E-state index in [-0.39, 0.29) is 21.7 Å². The quantitative estimate of drug-likeness (QED) is 0.297. The zero-order chi connectivity index (χ0) is 22.0. The lowest BCUT2D eigenvalue weighted by atomic mass is 9.76. The highest BCUT2D eigenvalue weighted by atomic mass is 79.9. The number of methoxy groups -OCH3 is 1. The summed E-state index contributed by atoms with van der Waals surface area (Å²) < 4.78 is 71.0. The van der Waals surface area contributed by atoms with E-state index < -0.39 is 35.0 Å². The average molecular weight is 479 g/mol. The molecule has 2 rings (SSSR count). The number of hydrogen-bond acceptors (Lipinski definition) is 6. The van der Waals surface area contributed by atoms with Crippen LogP contribution in [0.1, 0.15) is 10.4 Å². The van der Waals surface area contributed by atoms with Gasteiger partial charge in [0.05, 0.1) is 7.11 Å². The predicted octanol–water partition coefficient (Wildman–Crippen LogP) is 2.31. The molecule has 29 heavy (non-hydrogen) atoms. The van der Waals surface area contributed by atoms with Crippen LogP contribution in [0.4, 0.5) is 17.6 Å². The van der Waals surface area contributed by atoms with Crippen LogP contribution in [0.25, 0.3) is 0 Å². The molecule has 0 aromatic heterocycles. The van der Waals surface area contributed by atoms with Gasteiger partial charge in [0.25, 0.3) is 0 Å². The van der Waals surface area contributed by atoms with Crippen molar-refractivity contribution in [3.8, 4) is 23.0 Å². The molecule has 13 heteroatoms. The van der Waals surface area contributed by atoms with Gasteiger partial charge in [0.2, 0.25) is 0 Å².